The first-order valence-electron chi connectivity index (χ1n) is 10.6. The summed E-state index contributed by atoms with van der Waals surface area (Å²) in [7, 11) is 0. The molecule has 0 aromatic heterocycles. The fourth-order valence-electron chi connectivity index (χ4n) is 3.15. The Morgan fingerprint density at radius 3 is 2.63 bits per heavy atom. The standard InChI is InChI=1S/C26H22ClN3O5/c1-3-34-25-13-18(8-10-24(25)35-16-19-5-4-6-21(27)12-19)11-20(15-28)26(31)29-23-14-22(30(32)33)9-7-17(23)2/h4-14H,3,16H2,1-2H3,(H,29,31)/b20-11+. The molecule has 0 aliphatic heterocycles. The first kappa shape index (κ1) is 25.3. The van der Waals surface area contributed by atoms with Crippen LogP contribution in [0.1, 0.15) is 23.6 Å². The molecule has 0 unspecified atom stereocenters. The van der Waals surface area contributed by atoms with Crippen LogP contribution in [0.25, 0.3) is 6.08 Å². The zero-order valence-corrected chi connectivity index (χ0v) is 19.8. The molecule has 3 rings (SSSR count). The van der Waals surface area contributed by atoms with Gasteiger partial charge in [0.05, 0.1) is 17.2 Å². The van der Waals surface area contributed by atoms with Gasteiger partial charge in [-0.1, -0.05) is 35.9 Å². The Bertz CT molecular complexity index is 1330. The van der Waals surface area contributed by atoms with Gasteiger partial charge >= 0.3 is 0 Å². The molecule has 0 aliphatic rings. The zero-order valence-electron chi connectivity index (χ0n) is 19.1. The van der Waals surface area contributed by atoms with Crippen LogP contribution in [-0.4, -0.2) is 17.4 Å². The second-order valence-electron chi connectivity index (χ2n) is 7.44. The van der Waals surface area contributed by atoms with Crippen molar-refractivity contribution >= 4 is 35.0 Å². The fraction of sp³-hybridized carbons (Fsp3) is 0.154. The molecule has 0 bridgehead atoms. The van der Waals surface area contributed by atoms with Gasteiger partial charge in [-0.2, -0.15) is 5.26 Å². The fourth-order valence-corrected chi connectivity index (χ4v) is 3.37. The molecule has 0 saturated heterocycles. The highest BCUT2D eigenvalue weighted by atomic mass is 35.5. The van der Waals surface area contributed by atoms with Crippen molar-refractivity contribution in [2.75, 3.05) is 11.9 Å². The Balaban J connectivity index is 1.81. The monoisotopic (exact) mass is 491 g/mol. The third kappa shape index (κ3) is 6.82. The minimum absolute atomic E-state index is 0.164. The number of anilines is 1. The van der Waals surface area contributed by atoms with Gasteiger partial charge in [0, 0.05) is 17.2 Å². The van der Waals surface area contributed by atoms with Gasteiger partial charge in [-0.3, -0.25) is 14.9 Å². The summed E-state index contributed by atoms with van der Waals surface area (Å²) in [5.41, 5.74) is 1.98. The number of nitro benzene ring substituents is 1. The molecule has 0 heterocycles. The van der Waals surface area contributed by atoms with Crippen LogP contribution < -0.4 is 14.8 Å². The van der Waals surface area contributed by atoms with Gasteiger partial charge in [0.25, 0.3) is 11.6 Å². The summed E-state index contributed by atoms with van der Waals surface area (Å²) in [6, 6.07) is 18.4. The molecule has 0 atom stereocenters. The first-order valence-corrected chi connectivity index (χ1v) is 11.0. The third-order valence-corrected chi connectivity index (χ3v) is 5.14. The zero-order chi connectivity index (χ0) is 25.4. The van der Waals surface area contributed by atoms with E-state index in [0.717, 1.165) is 5.56 Å². The molecule has 3 aromatic rings. The minimum atomic E-state index is -0.685. The first-order chi connectivity index (χ1) is 16.8. The van der Waals surface area contributed by atoms with Crippen LogP contribution >= 0.6 is 11.6 Å². The molecule has 3 aromatic carbocycles. The summed E-state index contributed by atoms with van der Waals surface area (Å²) in [5, 5.41) is 23.8. The van der Waals surface area contributed by atoms with E-state index < -0.39 is 10.8 Å². The van der Waals surface area contributed by atoms with Crippen molar-refractivity contribution in [1.82, 2.24) is 0 Å². The largest absolute Gasteiger partial charge is 0.490 e. The number of non-ortho nitro benzene ring substituents is 1. The molecular formula is C26H22ClN3O5. The molecule has 1 N–H and O–H groups in total. The average Bonchev–Trinajstić information content (AvgIpc) is 2.83. The molecule has 35 heavy (non-hydrogen) atoms. The number of rotatable bonds is 9. The normalized spacial score (nSPS) is 10.9. The van der Waals surface area contributed by atoms with E-state index in [1.165, 1.54) is 24.3 Å². The quantitative estimate of drug-likeness (QED) is 0.168. The van der Waals surface area contributed by atoms with Gasteiger partial charge in [0.2, 0.25) is 0 Å². The molecule has 0 radical (unpaired) electrons. The van der Waals surface area contributed by atoms with Crippen LogP contribution in [0.4, 0.5) is 11.4 Å². The van der Waals surface area contributed by atoms with E-state index in [9.17, 15) is 20.2 Å². The Labute approximate surface area is 207 Å². The number of amides is 1. The number of aryl methyl sites for hydroxylation is 1. The van der Waals surface area contributed by atoms with Crippen molar-refractivity contribution in [3.8, 4) is 17.6 Å². The maximum absolute atomic E-state index is 12.7. The number of halogens is 1. The van der Waals surface area contributed by atoms with E-state index in [1.54, 1.807) is 37.3 Å². The summed E-state index contributed by atoms with van der Waals surface area (Å²) in [6.07, 6.45) is 1.41. The summed E-state index contributed by atoms with van der Waals surface area (Å²) >= 11 is 6.02. The average molecular weight is 492 g/mol. The number of hydrogen-bond donors (Lipinski definition) is 1. The predicted molar refractivity (Wildman–Crippen MR) is 133 cm³/mol. The van der Waals surface area contributed by atoms with Crippen LogP contribution in [0, 0.1) is 28.4 Å². The highest BCUT2D eigenvalue weighted by Gasteiger charge is 2.15. The number of carbonyl (C=O) groups excluding carboxylic acids is 1. The topological polar surface area (TPSA) is 114 Å². The van der Waals surface area contributed by atoms with Crippen molar-refractivity contribution < 1.29 is 19.2 Å². The minimum Gasteiger partial charge on any atom is -0.490 e. The van der Waals surface area contributed by atoms with E-state index in [2.05, 4.69) is 5.32 Å². The number of ether oxygens (including phenoxy) is 2. The summed E-state index contributed by atoms with van der Waals surface area (Å²) in [4.78, 5) is 23.2. The van der Waals surface area contributed by atoms with E-state index >= 15 is 0 Å². The lowest BCUT2D eigenvalue weighted by atomic mass is 10.1. The third-order valence-electron chi connectivity index (χ3n) is 4.91. The second-order valence-corrected chi connectivity index (χ2v) is 7.87. The lowest BCUT2D eigenvalue weighted by Crippen LogP contribution is -2.14. The number of carbonyl (C=O) groups is 1. The Hall–Kier alpha value is -4.35. The lowest BCUT2D eigenvalue weighted by Gasteiger charge is -2.13. The van der Waals surface area contributed by atoms with Crippen molar-refractivity contribution in [2.24, 2.45) is 0 Å². The Kier molecular flexibility index (Phi) is 8.43. The van der Waals surface area contributed by atoms with Gasteiger partial charge in [-0.15, -0.1) is 0 Å². The van der Waals surface area contributed by atoms with E-state index in [4.69, 9.17) is 21.1 Å². The second kappa shape index (κ2) is 11.7. The Morgan fingerprint density at radius 2 is 1.94 bits per heavy atom. The predicted octanol–water partition coefficient (Wildman–Crippen LogP) is 6.08. The summed E-state index contributed by atoms with van der Waals surface area (Å²) < 4.78 is 11.6. The number of nitro groups is 1. The molecule has 9 heteroatoms. The molecule has 8 nitrogen and oxygen atoms in total. The van der Waals surface area contributed by atoms with Gasteiger partial charge in [-0.05, 0) is 60.9 Å². The molecule has 0 aliphatic carbocycles. The van der Waals surface area contributed by atoms with E-state index in [0.29, 0.717) is 34.3 Å². The van der Waals surface area contributed by atoms with Crippen LogP contribution in [0.5, 0.6) is 11.5 Å². The van der Waals surface area contributed by atoms with E-state index in [1.807, 2.05) is 25.1 Å². The van der Waals surface area contributed by atoms with Gasteiger partial charge < -0.3 is 14.8 Å². The maximum atomic E-state index is 12.7. The van der Waals surface area contributed by atoms with Gasteiger partial charge in [0.1, 0.15) is 18.2 Å². The number of nitriles is 1. The van der Waals surface area contributed by atoms with Gasteiger partial charge in [0.15, 0.2) is 11.5 Å². The lowest BCUT2D eigenvalue weighted by molar-refractivity contribution is -0.384. The molecule has 0 fully saturated rings. The van der Waals surface area contributed by atoms with Crippen LogP contribution in [0.15, 0.2) is 66.2 Å². The number of nitrogens with zero attached hydrogens (tertiary/aromatic N) is 2. The van der Waals surface area contributed by atoms with Crippen molar-refractivity contribution in [3.05, 3.63) is 98.1 Å². The SMILES string of the molecule is CCOc1cc(/C=C(\C#N)C(=O)Nc2cc([N+](=O)[O-])ccc2C)ccc1OCc1cccc(Cl)c1. The highest BCUT2D eigenvalue weighted by Crippen LogP contribution is 2.30. The maximum Gasteiger partial charge on any atom is 0.271 e. The van der Waals surface area contributed by atoms with Crippen LogP contribution in [0.3, 0.4) is 0 Å². The van der Waals surface area contributed by atoms with E-state index in [-0.39, 0.29) is 23.6 Å². The molecule has 178 valence electrons. The smallest absolute Gasteiger partial charge is 0.271 e. The molecule has 0 spiro atoms. The number of nitrogens with one attached hydrogen (secondary N) is 1. The summed E-state index contributed by atoms with van der Waals surface area (Å²) in [6.45, 7) is 4.20. The molecular weight excluding hydrogens is 470 g/mol. The molecule has 1 amide bonds. The van der Waals surface area contributed by atoms with Crippen molar-refractivity contribution in [2.45, 2.75) is 20.5 Å². The Morgan fingerprint density at radius 1 is 1.14 bits per heavy atom. The van der Waals surface area contributed by atoms with Crippen molar-refractivity contribution in [3.63, 3.8) is 0 Å². The number of benzene rings is 3. The molecule has 0 saturated carbocycles. The highest BCUT2D eigenvalue weighted by molar-refractivity contribution is 6.30. The summed E-state index contributed by atoms with van der Waals surface area (Å²) in [5.74, 6) is 0.269. The van der Waals surface area contributed by atoms with Crippen LogP contribution in [-0.2, 0) is 11.4 Å². The number of hydrogen-bond acceptors (Lipinski definition) is 6. The van der Waals surface area contributed by atoms with Crippen molar-refractivity contribution in [1.29, 1.82) is 5.26 Å². The van der Waals surface area contributed by atoms with Crippen LogP contribution in [0.2, 0.25) is 5.02 Å². The van der Waals surface area contributed by atoms with Gasteiger partial charge in [-0.25, -0.2) is 0 Å².